The van der Waals surface area contributed by atoms with Crippen molar-refractivity contribution in [2.75, 3.05) is 5.73 Å². The van der Waals surface area contributed by atoms with E-state index >= 15 is 0 Å². The molecule has 0 aliphatic heterocycles. The molecule has 2 N–H and O–H groups in total. The van der Waals surface area contributed by atoms with Crippen LogP contribution in [0.5, 0.6) is 11.5 Å². The molecule has 0 saturated carbocycles. The van der Waals surface area contributed by atoms with Crippen molar-refractivity contribution < 1.29 is 19.0 Å². The van der Waals surface area contributed by atoms with Gasteiger partial charge in [0.05, 0.1) is 15.9 Å². The Hall–Kier alpha value is -3.23. The van der Waals surface area contributed by atoms with Crippen molar-refractivity contribution in [3.05, 3.63) is 62.4 Å². The molecule has 0 heterocycles. The minimum absolute atomic E-state index is 0.0628. The number of hydrogen-bond acceptors (Lipinski definition) is 6. The fraction of sp³-hybridized carbons (Fsp3) is 0. The van der Waals surface area contributed by atoms with Crippen molar-refractivity contribution in [2.24, 2.45) is 0 Å². The molecule has 2 aromatic rings. The quantitative estimate of drug-likeness (QED) is 0.525. The van der Waals surface area contributed by atoms with Gasteiger partial charge in [0.15, 0.2) is 0 Å². The third-order valence-corrected chi connectivity index (χ3v) is 2.54. The van der Waals surface area contributed by atoms with Crippen LogP contribution in [0.25, 0.3) is 0 Å². The summed E-state index contributed by atoms with van der Waals surface area (Å²) in [5, 5.41) is 21.4. The van der Waals surface area contributed by atoms with E-state index in [2.05, 4.69) is 0 Å². The van der Waals surface area contributed by atoms with E-state index in [4.69, 9.17) is 10.5 Å². The van der Waals surface area contributed by atoms with Crippen molar-refractivity contribution >= 4 is 17.1 Å². The lowest BCUT2D eigenvalue weighted by Gasteiger charge is -2.07. The van der Waals surface area contributed by atoms with Crippen LogP contribution in [0.2, 0.25) is 0 Å². The Kier molecular flexibility index (Phi) is 3.65. The molecule has 0 amide bonds. The molecule has 2 rings (SSSR count). The fourth-order valence-electron chi connectivity index (χ4n) is 1.61. The van der Waals surface area contributed by atoms with Crippen LogP contribution < -0.4 is 10.5 Å². The largest absolute Gasteiger partial charge is 0.450 e. The van der Waals surface area contributed by atoms with E-state index < -0.39 is 21.4 Å². The summed E-state index contributed by atoms with van der Waals surface area (Å²) in [4.78, 5) is 20.0. The second-order valence-electron chi connectivity index (χ2n) is 3.95. The second-order valence-corrected chi connectivity index (χ2v) is 3.95. The van der Waals surface area contributed by atoms with E-state index in [1.807, 2.05) is 0 Å². The summed E-state index contributed by atoms with van der Waals surface area (Å²) in [6.45, 7) is 0. The molecule has 21 heavy (non-hydrogen) atoms. The van der Waals surface area contributed by atoms with Crippen LogP contribution in [-0.4, -0.2) is 9.85 Å². The van der Waals surface area contributed by atoms with E-state index in [9.17, 15) is 24.6 Å². The highest BCUT2D eigenvalue weighted by atomic mass is 19.1. The van der Waals surface area contributed by atoms with E-state index in [-0.39, 0.29) is 22.9 Å². The maximum Gasteiger partial charge on any atom is 0.314 e. The van der Waals surface area contributed by atoms with Crippen LogP contribution in [0, 0.1) is 26.0 Å². The van der Waals surface area contributed by atoms with Gasteiger partial charge in [0, 0.05) is 12.1 Å². The zero-order chi connectivity index (χ0) is 15.6. The van der Waals surface area contributed by atoms with E-state index in [0.717, 1.165) is 24.3 Å². The summed E-state index contributed by atoms with van der Waals surface area (Å²) >= 11 is 0. The molecule has 0 spiro atoms. The standard InChI is InChI=1S/C12H8FN3O5/c13-7-1-4-12(11(5-7)16(19)20)21-8-2-3-10(15(17)18)9(14)6-8/h1-6H,14H2. The predicted octanol–water partition coefficient (Wildman–Crippen LogP) is 3.02. The number of ether oxygens (including phenoxy) is 1. The molecule has 0 fully saturated rings. The van der Waals surface area contributed by atoms with Gasteiger partial charge in [0.1, 0.15) is 17.3 Å². The van der Waals surface area contributed by atoms with Gasteiger partial charge in [-0.25, -0.2) is 4.39 Å². The number of anilines is 1. The minimum Gasteiger partial charge on any atom is -0.450 e. The Morgan fingerprint density at radius 3 is 2.24 bits per heavy atom. The molecule has 0 aliphatic rings. The SMILES string of the molecule is Nc1cc(Oc2ccc(F)cc2[N+](=O)[O-])ccc1[N+](=O)[O-]. The number of nitro groups is 2. The van der Waals surface area contributed by atoms with Gasteiger partial charge in [-0.05, 0) is 18.2 Å². The number of nitrogens with zero attached hydrogens (tertiary/aromatic N) is 2. The summed E-state index contributed by atoms with van der Waals surface area (Å²) in [5.41, 5.74) is 4.46. The van der Waals surface area contributed by atoms with Gasteiger partial charge in [-0.3, -0.25) is 20.2 Å². The summed E-state index contributed by atoms with van der Waals surface area (Å²) in [6, 6.07) is 6.30. The smallest absolute Gasteiger partial charge is 0.314 e. The minimum atomic E-state index is -0.798. The monoisotopic (exact) mass is 293 g/mol. The Morgan fingerprint density at radius 2 is 1.67 bits per heavy atom. The lowest BCUT2D eigenvalue weighted by molar-refractivity contribution is -0.385. The molecule has 0 unspecified atom stereocenters. The number of halogens is 1. The molecular formula is C12H8FN3O5. The molecule has 0 radical (unpaired) electrons. The zero-order valence-electron chi connectivity index (χ0n) is 10.4. The summed E-state index contributed by atoms with van der Waals surface area (Å²) in [7, 11) is 0. The van der Waals surface area contributed by atoms with Gasteiger partial charge >= 0.3 is 5.69 Å². The normalized spacial score (nSPS) is 10.1. The third-order valence-electron chi connectivity index (χ3n) is 2.54. The van der Waals surface area contributed by atoms with Crippen molar-refractivity contribution in [1.82, 2.24) is 0 Å². The molecule has 108 valence electrons. The maximum atomic E-state index is 13.0. The average molecular weight is 293 g/mol. The van der Waals surface area contributed by atoms with Crippen LogP contribution in [0.3, 0.4) is 0 Å². The first-order chi connectivity index (χ1) is 9.88. The van der Waals surface area contributed by atoms with Gasteiger partial charge in [-0.2, -0.15) is 0 Å². The number of hydrogen-bond donors (Lipinski definition) is 1. The van der Waals surface area contributed by atoms with Gasteiger partial charge in [0.2, 0.25) is 5.75 Å². The Bertz CT molecular complexity index is 735. The number of rotatable bonds is 4. The van der Waals surface area contributed by atoms with Crippen molar-refractivity contribution in [1.29, 1.82) is 0 Å². The maximum absolute atomic E-state index is 13.0. The first-order valence-corrected chi connectivity index (χ1v) is 5.54. The summed E-state index contributed by atoms with van der Waals surface area (Å²) in [5.74, 6) is -0.917. The third kappa shape index (κ3) is 3.03. The molecule has 0 aromatic heterocycles. The molecule has 9 heteroatoms. The number of nitrogen functional groups attached to an aromatic ring is 1. The number of benzene rings is 2. The molecule has 0 bridgehead atoms. The lowest BCUT2D eigenvalue weighted by Crippen LogP contribution is -1.97. The molecule has 2 aromatic carbocycles. The van der Waals surface area contributed by atoms with Crippen LogP contribution in [0.15, 0.2) is 36.4 Å². The van der Waals surface area contributed by atoms with E-state index in [1.165, 1.54) is 6.07 Å². The molecular weight excluding hydrogens is 285 g/mol. The van der Waals surface area contributed by atoms with Gasteiger partial charge in [0.25, 0.3) is 5.69 Å². The van der Waals surface area contributed by atoms with E-state index in [0.29, 0.717) is 6.07 Å². The molecule has 0 atom stereocenters. The highest BCUT2D eigenvalue weighted by molar-refractivity contribution is 5.61. The van der Waals surface area contributed by atoms with Crippen molar-refractivity contribution in [3.63, 3.8) is 0 Å². The number of nitrogens with two attached hydrogens (primary N) is 1. The average Bonchev–Trinajstić information content (AvgIpc) is 2.40. The predicted molar refractivity (Wildman–Crippen MR) is 70.6 cm³/mol. The van der Waals surface area contributed by atoms with Crippen LogP contribution in [-0.2, 0) is 0 Å². The van der Waals surface area contributed by atoms with Crippen LogP contribution in [0.1, 0.15) is 0 Å². The Labute approximate surface area is 116 Å². The summed E-state index contributed by atoms with van der Waals surface area (Å²) in [6.07, 6.45) is 0. The Balaban J connectivity index is 2.37. The molecule has 0 aliphatic carbocycles. The second kappa shape index (κ2) is 5.41. The van der Waals surface area contributed by atoms with Gasteiger partial charge in [-0.15, -0.1) is 0 Å². The summed E-state index contributed by atoms with van der Waals surface area (Å²) < 4.78 is 18.2. The Morgan fingerprint density at radius 1 is 1.00 bits per heavy atom. The van der Waals surface area contributed by atoms with Crippen LogP contribution >= 0.6 is 0 Å². The topological polar surface area (TPSA) is 122 Å². The first kappa shape index (κ1) is 14.2. The number of nitro benzene ring substituents is 2. The molecule has 8 nitrogen and oxygen atoms in total. The molecule has 0 saturated heterocycles. The lowest BCUT2D eigenvalue weighted by atomic mass is 10.2. The zero-order valence-corrected chi connectivity index (χ0v) is 10.4. The van der Waals surface area contributed by atoms with E-state index in [1.54, 1.807) is 0 Å². The first-order valence-electron chi connectivity index (χ1n) is 5.54. The van der Waals surface area contributed by atoms with Gasteiger partial charge in [-0.1, -0.05) is 0 Å². The van der Waals surface area contributed by atoms with Crippen molar-refractivity contribution in [2.45, 2.75) is 0 Å². The highest BCUT2D eigenvalue weighted by Gasteiger charge is 2.18. The van der Waals surface area contributed by atoms with Crippen LogP contribution in [0.4, 0.5) is 21.5 Å². The highest BCUT2D eigenvalue weighted by Crippen LogP contribution is 2.34. The van der Waals surface area contributed by atoms with Gasteiger partial charge < -0.3 is 10.5 Å². The van der Waals surface area contributed by atoms with Crippen molar-refractivity contribution in [3.8, 4) is 11.5 Å². The fourth-order valence-corrected chi connectivity index (χ4v) is 1.61.